The number of aromatic nitrogens is 2. The van der Waals surface area contributed by atoms with Gasteiger partial charge < -0.3 is 9.13 Å². The molecule has 9 rings (SSSR count). The molecule has 5 nitrogen and oxygen atoms in total. The summed E-state index contributed by atoms with van der Waals surface area (Å²) in [5.41, 5.74) is 11.6. The lowest BCUT2D eigenvalue weighted by Crippen LogP contribution is -2.01. The zero-order chi connectivity index (χ0) is 33.8. The molecule has 0 spiro atoms. The second-order valence-corrected chi connectivity index (χ2v) is 12.3. The highest BCUT2D eigenvalue weighted by molar-refractivity contribution is 6.12. The van der Waals surface area contributed by atoms with Gasteiger partial charge in [-0.25, -0.2) is 0 Å². The number of benzene rings is 7. The van der Waals surface area contributed by atoms with Crippen LogP contribution in [0.4, 0.5) is 0 Å². The molecule has 0 amide bonds. The van der Waals surface area contributed by atoms with Crippen molar-refractivity contribution in [3.63, 3.8) is 0 Å². The van der Waals surface area contributed by atoms with Crippen LogP contribution in [0.1, 0.15) is 16.7 Å². The fraction of sp³-hybridized carbons (Fsp3) is 0. The largest absolute Gasteiger partial charge is 0.309 e. The third kappa shape index (κ3) is 4.24. The Morgan fingerprint density at radius 2 is 1.00 bits per heavy atom. The molecule has 0 bridgehead atoms. The normalized spacial score (nSPS) is 11.1. The van der Waals surface area contributed by atoms with Gasteiger partial charge in [-0.05, 0) is 77.4 Å². The van der Waals surface area contributed by atoms with Crippen molar-refractivity contribution in [1.82, 2.24) is 9.13 Å². The van der Waals surface area contributed by atoms with E-state index in [2.05, 4.69) is 100 Å². The van der Waals surface area contributed by atoms with Crippen molar-refractivity contribution in [2.75, 3.05) is 0 Å². The average molecular weight is 636 g/mol. The van der Waals surface area contributed by atoms with Crippen molar-refractivity contribution >= 4 is 43.6 Å². The lowest BCUT2D eigenvalue weighted by Gasteiger charge is -2.18. The van der Waals surface area contributed by atoms with Crippen LogP contribution in [0.5, 0.6) is 0 Å². The molecule has 9 aromatic rings. The molecule has 0 aliphatic heterocycles. The molecule has 50 heavy (non-hydrogen) atoms. The molecule has 0 N–H and O–H groups in total. The highest BCUT2D eigenvalue weighted by atomic mass is 15.0. The number of nitrogens with zero attached hydrogens (tertiary/aromatic N) is 5. The number of nitriles is 3. The number of fused-ring (bicyclic) bond motifs is 6. The first kappa shape index (κ1) is 28.8. The summed E-state index contributed by atoms with van der Waals surface area (Å²) < 4.78 is 4.38. The minimum atomic E-state index is 0.558. The first-order chi connectivity index (χ1) is 24.7. The van der Waals surface area contributed by atoms with E-state index in [4.69, 9.17) is 0 Å². The maximum absolute atomic E-state index is 10.5. The molecule has 5 heteroatoms. The molecule has 0 radical (unpaired) electrons. The van der Waals surface area contributed by atoms with Gasteiger partial charge in [0.1, 0.15) is 6.07 Å². The predicted molar refractivity (Wildman–Crippen MR) is 200 cm³/mol. The van der Waals surface area contributed by atoms with E-state index in [1.54, 1.807) is 0 Å². The van der Waals surface area contributed by atoms with Crippen molar-refractivity contribution in [2.24, 2.45) is 0 Å². The van der Waals surface area contributed by atoms with Gasteiger partial charge in [0.15, 0.2) is 0 Å². The molecule has 0 aliphatic carbocycles. The third-order valence-electron chi connectivity index (χ3n) is 9.65. The molecule has 0 atom stereocenters. The van der Waals surface area contributed by atoms with Crippen LogP contribution in [0, 0.1) is 34.0 Å². The van der Waals surface area contributed by atoms with Crippen molar-refractivity contribution in [2.45, 2.75) is 0 Å². The van der Waals surface area contributed by atoms with Gasteiger partial charge in [0.05, 0.1) is 56.6 Å². The molecule has 2 heterocycles. The second kappa shape index (κ2) is 11.4. The first-order valence-corrected chi connectivity index (χ1v) is 16.3. The first-order valence-electron chi connectivity index (χ1n) is 16.3. The van der Waals surface area contributed by atoms with Gasteiger partial charge in [-0.1, -0.05) is 91.0 Å². The zero-order valence-corrected chi connectivity index (χ0v) is 26.7. The van der Waals surface area contributed by atoms with E-state index < -0.39 is 0 Å². The van der Waals surface area contributed by atoms with Gasteiger partial charge in [-0.3, -0.25) is 0 Å². The Hall–Kier alpha value is -7.39. The standard InChI is InChI=1S/C45H25N5/c46-26-29-19-24-42-39(25-29)36-13-3-5-16-40(36)50(42)45-32(28-48)10-7-15-37(45)35-12-2-1-11-34(35)30-20-22-33(23-21-30)49-41-17-6-4-14-38(41)44-31(27-47)9-8-18-43(44)49/h1-25H. The number of para-hydroxylation sites is 3. The van der Waals surface area contributed by atoms with Crippen molar-refractivity contribution in [3.8, 4) is 51.8 Å². The quantitative estimate of drug-likeness (QED) is 0.193. The highest BCUT2D eigenvalue weighted by Crippen LogP contribution is 2.42. The Morgan fingerprint density at radius 1 is 0.400 bits per heavy atom. The minimum Gasteiger partial charge on any atom is -0.309 e. The number of rotatable bonds is 4. The van der Waals surface area contributed by atoms with Crippen molar-refractivity contribution in [1.29, 1.82) is 15.8 Å². The molecule has 7 aromatic carbocycles. The summed E-state index contributed by atoms with van der Waals surface area (Å²) in [4.78, 5) is 0. The van der Waals surface area contributed by atoms with E-state index in [1.807, 2.05) is 78.9 Å². The van der Waals surface area contributed by atoms with Crippen LogP contribution in [0.3, 0.4) is 0 Å². The number of hydrogen-bond donors (Lipinski definition) is 0. The molecule has 0 saturated carbocycles. The minimum absolute atomic E-state index is 0.558. The SMILES string of the molecule is N#Cc1ccc2c(c1)c1ccccc1n2-c1c(C#N)cccc1-c1ccccc1-c1ccc(-n2c3ccccc3c3c(C#N)cccc32)cc1. The molecule has 0 fully saturated rings. The van der Waals surface area contributed by atoms with E-state index in [9.17, 15) is 15.8 Å². The fourth-order valence-corrected chi connectivity index (χ4v) is 7.53. The summed E-state index contributed by atoms with van der Waals surface area (Å²) in [7, 11) is 0. The summed E-state index contributed by atoms with van der Waals surface area (Å²) in [6.45, 7) is 0. The topological polar surface area (TPSA) is 81.2 Å². The van der Waals surface area contributed by atoms with Gasteiger partial charge in [0.25, 0.3) is 0 Å². The lowest BCUT2D eigenvalue weighted by atomic mass is 9.92. The van der Waals surface area contributed by atoms with Crippen LogP contribution in [-0.2, 0) is 0 Å². The van der Waals surface area contributed by atoms with Crippen molar-refractivity contribution < 1.29 is 0 Å². The summed E-state index contributed by atoms with van der Waals surface area (Å²) in [6.07, 6.45) is 0. The summed E-state index contributed by atoms with van der Waals surface area (Å²) in [6, 6.07) is 57.8. The van der Waals surface area contributed by atoms with E-state index in [0.29, 0.717) is 16.7 Å². The fourth-order valence-electron chi connectivity index (χ4n) is 7.53. The highest BCUT2D eigenvalue weighted by Gasteiger charge is 2.21. The van der Waals surface area contributed by atoms with Crippen LogP contribution in [-0.4, -0.2) is 9.13 Å². The van der Waals surface area contributed by atoms with E-state index in [1.165, 1.54) is 0 Å². The monoisotopic (exact) mass is 635 g/mol. The van der Waals surface area contributed by atoms with E-state index >= 15 is 0 Å². The third-order valence-corrected chi connectivity index (χ3v) is 9.65. The molecule has 0 saturated heterocycles. The van der Waals surface area contributed by atoms with Gasteiger partial charge in [-0.2, -0.15) is 15.8 Å². The molecule has 230 valence electrons. The van der Waals surface area contributed by atoms with Crippen molar-refractivity contribution in [3.05, 3.63) is 168 Å². The van der Waals surface area contributed by atoms with Crippen LogP contribution < -0.4 is 0 Å². The summed E-state index contributed by atoms with van der Waals surface area (Å²) >= 11 is 0. The molecule has 2 aromatic heterocycles. The van der Waals surface area contributed by atoms with Crippen LogP contribution >= 0.6 is 0 Å². The zero-order valence-electron chi connectivity index (χ0n) is 26.7. The summed E-state index contributed by atoms with van der Waals surface area (Å²) in [5.74, 6) is 0. The molecule has 0 aliphatic rings. The Bertz CT molecular complexity index is 2960. The maximum atomic E-state index is 10.5. The Balaban J connectivity index is 1.24. The number of hydrogen-bond acceptors (Lipinski definition) is 3. The van der Waals surface area contributed by atoms with Gasteiger partial charge in [0.2, 0.25) is 0 Å². The second-order valence-electron chi connectivity index (χ2n) is 12.3. The van der Waals surface area contributed by atoms with Crippen LogP contribution in [0.25, 0.3) is 77.2 Å². The maximum Gasteiger partial charge on any atom is 0.101 e. The predicted octanol–water partition coefficient (Wildman–Crippen LogP) is 10.8. The van der Waals surface area contributed by atoms with Crippen LogP contribution in [0.2, 0.25) is 0 Å². The lowest BCUT2D eigenvalue weighted by molar-refractivity contribution is 1.17. The smallest absolute Gasteiger partial charge is 0.101 e. The van der Waals surface area contributed by atoms with Gasteiger partial charge in [-0.15, -0.1) is 0 Å². The van der Waals surface area contributed by atoms with E-state index in [0.717, 1.165) is 77.2 Å². The molecular weight excluding hydrogens is 611 g/mol. The van der Waals surface area contributed by atoms with E-state index in [-0.39, 0.29) is 0 Å². The summed E-state index contributed by atoms with van der Waals surface area (Å²) in [5, 5.41) is 34.1. The Morgan fingerprint density at radius 3 is 1.76 bits per heavy atom. The van der Waals surface area contributed by atoms with Gasteiger partial charge >= 0.3 is 0 Å². The Kier molecular flexibility index (Phi) is 6.56. The Labute approximate surface area is 287 Å². The molecule has 0 unspecified atom stereocenters. The molecular formula is C45H25N5. The van der Waals surface area contributed by atoms with Gasteiger partial charge in [0, 0.05) is 32.8 Å². The van der Waals surface area contributed by atoms with Crippen LogP contribution in [0.15, 0.2) is 152 Å². The average Bonchev–Trinajstić information content (AvgIpc) is 3.70.